The lowest BCUT2D eigenvalue weighted by Crippen LogP contribution is -2.32. The first-order valence-electron chi connectivity index (χ1n) is 5.17. The molecule has 0 aromatic heterocycles. The monoisotopic (exact) mass is 255 g/mol. The molecule has 1 aromatic rings. The summed E-state index contributed by atoms with van der Waals surface area (Å²) in [6, 6.07) is 1.63. The van der Waals surface area contributed by atoms with E-state index in [1.54, 1.807) is 0 Å². The van der Waals surface area contributed by atoms with Crippen LogP contribution in [0.1, 0.15) is 10.4 Å². The summed E-state index contributed by atoms with van der Waals surface area (Å²) in [6.45, 7) is 7.23. The Balaban J connectivity index is 3.12. The normalized spacial score (nSPS) is 9.94. The zero-order valence-electron chi connectivity index (χ0n) is 9.63. The number of benzene rings is 1. The Labute approximate surface area is 103 Å². The van der Waals surface area contributed by atoms with Crippen molar-refractivity contribution < 1.29 is 18.0 Å². The summed E-state index contributed by atoms with van der Waals surface area (Å²) in [5.41, 5.74) is -0.516. The molecule has 0 radical (unpaired) electrons. The van der Waals surface area contributed by atoms with E-state index in [1.165, 1.54) is 17.1 Å². The largest absolute Gasteiger partial charge is 0.331 e. The minimum Gasteiger partial charge on any atom is -0.331 e. The average molecular weight is 255 g/mol. The number of nitrogens with zero attached hydrogens (tertiary/aromatic N) is 1. The van der Waals surface area contributed by atoms with Crippen LogP contribution in [0.5, 0.6) is 0 Å². The van der Waals surface area contributed by atoms with Crippen LogP contribution >= 0.6 is 0 Å². The van der Waals surface area contributed by atoms with E-state index in [0.29, 0.717) is 6.07 Å². The molecule has 0 heterocycles. The molecule has 18 heavy (non-hydrogen) atoms. The van der Waals surface area contributed by atoms with Crippen molar-refractivity contribution in [3.05, 3.63) is 60.5 Å². The number of halogens is 3. The quantitative estimate of drug-likeness (QED) is 0.585. The second kappa shape index (κ2) is 6.05. The zero-order valence-corrected chi connectivity index (χ0v) is 9.63. The van der Waals surface area contributed by atoms with Crippen LogP contribution in [-0.4, -0.2) is 23.9 Å². The standard InChI is InChI=1S/C13H12F3NO/c1-3-7-17(8-4-2)13(18)9-5-6-10(14)12(16)11(9)15/h3-6H,1-2,7-8H2. The van der Waals surface area contributed by atoms with Crippen LogP contribution in [0.4, 0.5) is 13.2 Å². The van der Waals surface area contributed by atoms with E-state index in [9.17, 15) is 18.0 Å². The van der Waals surface area contributed by atoms with Crippen LogP contribution in [0.2, 0.25) is 0 Å². The Morgan fingerprint density at radius 1 is 1.11 bits per heavy atom. The molecule has 0 saturated carbocycles. The van der Waals surface area contributed by atoms with Gasteiger partial charge in [-0.05, 0) is 12.1 Å². The molecule has 0 saturated heterocycles. The molecular formula is C13H12F3NO. The Hall–Kier alpha value is -2.04. The smallest absolute Gasteiger partial charge is 0.257 e. The number of carbonyl (C=O) groups excluding carboxylic acids is 1. The van der Waals surface area contributed by atoms with Crippen molar-refractivity contribution in [1.82, 2.24) is 4.90 Å². The van der Waals surface area contributed by atoms with Gasteiger partial charge in [-0.2, -0.15) is 0 Å². The molecule has 1 amide bonds. The van der Waals surface area contributed by atoms with E-state index in [1.807, 2.05) is 0 Å². The highest BCUT2D eigenvalue weighted by atomic mass is 19.2. The molecule has 0 aliphatic rings. The summed E-state index contributed by atoms with van der Waals surface area (Å²) in [4.78, 5) is 13.1. The highest BCUT2D eigenvalue weighted by Crippen LogP contribution is 2.17. The topological polar surface area (TPSA) is 20.3 Å². The lowest BCUT2D eigenvalue weighted by Gasteiger charge is -2.19. The van der Waals surface area contributed by atoms with E-state index < -0.39 is 28.9 Å². The van der Waals surface area contributed by atoms with E-state index >= 15 is 0 Å². The van der Waals surface area contributed by atoms with E-state index in [2.05, 4.69) is 13.2 Å². The van der Waals surface area contributed by atoms with E-state index in [0.717, 1.165) is 6.07 Å². The van der Waals surface area contributed by atoms with Crippen molar-refractivity contribution in [2.45, 2.75) is 0 Å². The van der Waals surface area contributed by atoms with Gasteiger partial charge in [0.05, 0.1) is 5.56 Å². The Bertz CT molecular complexity index is 475. The number of hydrogen-bond donors (Lipinski definition) is 0. The molecule has 2 nitrogen and oxygen atoms in total. The van der Waals surface area contributed by atoms with Crippen LogP contribution in [-0.2, 0) is 0 Å². The fourth-order valence-electron chi connectivity index (χ4n) is 1.41. The second-order valence-corrected chi connectivity index (χ2v) is 3.51. The number of carbonyl (C=O) groups is 1. The SMILES string of the molecule is C=CCN(CC=C)C(=O)c1ccc(F)c(F)c1F. The Morgan fingerprint density at radius 2 is 1.67 bits per heavy atom. The van der Waals surface area contributed by atoms with Gasteiger partial charge >= 0.3 is 0 Å². The van der Waals surface area contributed by atoms with Crippen LogP contribution in [0, 0.1) is 17.5 Å². The summed E-state index contributed by atoms with van der Waals surface area (Å²) in [5.74, 6) is -5.22. The first-order valence-corrected chi connectivity index (χ1v) is 5.17. The summed E-state index contributed by atoms with van der Waals surface area (Å²) in [5, 5.41) is 0. The van der Waals surface area contributed by atoms with Gasteiger partial charge in [-0.1, -0.05) is 12.2 Å². The first-order chi connectivity index (χ1) is 8.52. The van der Waals surface area contributed by atoms with Crippen molar-refractivity contribution in [3.63, 3.8) is 0 Å². The van der Waals surface area contributed by atoms with Gasteiger partial charge in [-0.25, -0.2) is 13.2 Å². The van der Waals surface area contributed by atoms with Crippen LogP contribution in [0.25, 0.3) is 0 Å². The predicted octanol–water partition coefficient (Wildman–Crippen LogP) is 2.92. The maximum absolute atomic E-state index is 13.4. The molecule has 1 aromatic carbocycles. The summed E-state index contributed by atoms with van der Waals surface area (Å²) in [6.07, 6.45) is 2.89. The van der Waals surface area contributed by atoms with Crippen LogP contribution in [0.3, 0.4) is 0 Å². The lowest BCUT2D eigenvalue weighted by molar-refractivity contribution is 0.0785. The van der Waals surface area contributed by atoms with Gasteiger partial charge < -0.3 is 4.90 Å². The third-order valence-electron chi connectivity index (χ3n) is 2.25. The van der Waals surface area contributed by atoms with E-state index in [-0.39, 0.29) is 13.1 Å². The van der Waals surface area contributed by atoms with Gasteiger partial charge in [0.25, 0.3) is 5.91 Å². The van der Waals surface area contributed by atoms with Gasteiger partial charge in [0.2, 0.25) is 0 Å². The van der Waals surface area contributed by atoms with Crippen molar-refractivity contribution in [2.75, 3.05) is 13.1 Å². The van der Waals surface area contributed by atoms with Gasteiger partial charge in [0, 0.05) is 13.1 Å². The van der Waals surface area contributed by atoms with Gasteiger partial charge in [-0.15, -0.1) is 13.2 Å². The predicted molar refractivity (Wildman–Crippen MR) is 62.6 cm³/mol. The minimum absolute atomic E-state index is 0.156. The van der Waals surface area contributed by atoms with Crippen molar-refractivity contribution in [3.8, 4) is 0 Å². The molecule has 0 bridgehead atoms. The Morgan fingerprint density at radius 3 is 2.17 bits per heavy atom. The van der Waals surface area contributed by atoms with E-state index in [4.69, 9.17) is 0 Å². The fourth-order valence-corrected chi connectivity index (χ4v) is 1.41. The third-order valence-corrected chi connectivity index (χ3v) is 2.25. The van der Waals surface area contributed by atoms with Crippen LogP contribution < -0.4 is 0 Å². The third kappa shape index (κ3) is 2.80. The second-order valence-electron chi connectivity index (χ2n) is 3.51. The fraction of sp³-hybridized carbons (Fsp3) is 0.154. The highest BCUT2D eigenvalue weighted by molar-refractivity contribution is 5.94. The lowest BCUT2D eigenvalue weighted by atomic mass is 10.1. The van der Waals surface area contributed by atoms with Crippen molar-refractivity contribution >= 4 is 5.91 Å². The molecular weight excluding hydrogens is 243 g/mol. The molecule has 0 unspecified atom stereocenters. The van der Waals surface area contributed by atoms with Gasteiger partial charge in [0.1, 0.15) is 0 Å². The molecule has 0 aliphatic carbocycles. The molecule has 1 rings (SSSR count). The summed E-state index contributed by atoms with van der Waals surface area (Å²) < 4.78 is 39.2. The molecule has 0 N–H and O–H groups in total. The molecule has 0 aliphatic heterocycles. The van der Waals surface area contributed by atoms with Crippen molar-refractivity contribution in [2.24, 2.45) is 0 Å². The van der Waals surface area contributed by atoms with Crippen molar-refractivity contribution in [1.29, 1.82) is 0 Å². The number of amides is 1. The summed E-state index contributed by atoms with van der Waals surface area (Å²) in [7, 11) is 0. The molecule has 0 atom stereocenters. The average Bonchev–Trinajstić information content (AvgIpc) is 2.35. The molecule has 0 spiro atoms. The number of rotatable bonds is 5. The summed E-state index contributed by atoms with van der Waals surface area (Å²) >= 11 is 0. The molecule has 5 heteroatoms. The molecule has 0 fully saturated rings. The first kappa shape index (κ1) is 14.0. The zero-order chi connectivity index (χ0) is 13.7. The van der Waals surface area contributed by atoms with Crippen LogP contribution in [0.15, 0.2) is 37.4 Å². The maximum Gasteiger partial charge on any atom is 0.257 e. The van der Waals surface area contributed by atoms with Gasteiger partial charge in [0.15, 0.2) is 17.5 Å². The highest BCUT2D eigenvalue weighted by Gasteiger charge is 2.22. The molecule has 96 valence electrons. The minimum atomic E-state index is -1.65. The number of hydrogen-bond acceptors (Lipinski definition) is 1. The Kier molecular flexibility index (Phi) is 4.71. The maximum atomic E-state index is 13.4. The van der Waals surface area contributed by atoms with Gasteiger partial charge in [-0.3, -0.25) is 4.79 Å².